The Morgan fingerprint density at radius 2 is 2.12 bits per heavy atom. The van der Waals surface area contributed by atoms with Crippen LogP contribution in [0, 0.1) is 6.92 Å². The second-order valence-electron chi connectivity index (χ2n) is 3.66. The zero-order valence-corrected chi connectivity index (χ0v) is 10.8. The van der Waals surface area contributed by atoms with Crippen molar-refractivity contribution in [2.24, 2.45) is 0 Å². The van der Waals surface area contributed by atoms with Crippen LogP contribution in [0.1, 0.15) is 5.56 Å². The van der Waals surface area contributed by atoms with Gasteiger partial charge in [0.05, 0.1) is 17.7 Å². The Bertz CT molecular complexity index is 489. The van der Waals surface area contributed by atoms with E-state index in [4.69, 9.17) is 16.2 Å². The summed E-state index contributed by atoms with van der Waals surface area (Å²) in [5.41, 5.74) is 0.948. The van der Waals surface area contributed by atoms with Gasteiger partial charge < -0.3 is 10.4 Å². The molecule has 0 aliphatic carbocycles. The fraction of sp³-hybridized carbons (Fsp3) is 0.400. The summed E-state index contributed by atoms with van der Waals surface area (Å²) in [4.78, 5) is -0.209. The molecule has 1 atom stereocenters. The van der Waals surface area contributed by atoms with E-state index in [2.05, 4.69) is 5.32 Å². The Hall–Kier alpha value is -0.820. The Labute approximate surface area is 105 Å². The van der Waals surface area contributed by atoms with Crippen molar-refractivity contribution in [3.8, 4) is 0 Å². The van der Waals surface area contributed by atoms with Crippen molar-refractivity contribution in [1.82, 2.24) is 0 Å². The van der Waals surface area contributed by atoms with Crippen LogP contribution in [0.25, 0.3) is 0 Å². The van der Waals surface area contributed by atoms with Crippen LogP contribution >= 0.6 is 11.6 Å². The number of aliphatic hydroxyl groups excluding tert-OH is 1. The molecule has 0 aromatic heterocycles. The zero-order chi connectivity index (χ0) is 13.1. The predicted octanol–water partition coefficient (Wildman–Crippen LogP) is 1.25. The second kappa shape index (κ2) is 5.68. The molecule has 7 heteroatoms. The van der Waals surface area contributed by atoms with E-state index >= 15 is 0 Å². The molecule has 3 N–H and O–H groups in total. The summed E-state index contributed by atoms with van der Waals surface area (Å²) in [5.74, 6) is 0.0417. The molecule has 0 fully saturated rings. The van der Waals surface area contributed by atoms with Crippen LogP contribution in [0.5, 0.6) is 0 Å². The number of alkyl halides is 1. The van der Waals surface area contributed by atoms with Crippen molar-refractivity contribution in [3.63, 3.8) is 0 Å². The summed E-state index contributed by atoms with van der Waals surface area (Å²) < 4.78 is 31.4. The van der Waals surface area contributed by atoms with E-state index in [9.17, 15) is 13.5 Å². The van der Waals surface area contributed by atoms with Gasteiger partial charge in [0, 0.05) is 6.54 Å². The largest absolute Gasteiger partial charge is 0.390 e. The highest BCUT2D eigenvalue weighted by atomic mass is 35.5. The van der Waals surface area contributed by atoms with Crippen molar-refractivity contribution in [3.05, 3.63) is 23.8 Å². The number of hydrogen-bond donors (Lipinski definition) is 3. The molecule has 0 saturated carbocycles. The SMILES string of the molecule is Cc1ccc(NCC(O)CCl)c(S(=O)(=O)O)c1. The van der Waals surface area contributed by atoms with Gasteiger partial charge in [-0.15, -0.1) is 11.6 Å². The number of halogens is 1. The van der Waals surface area contributed by atoms with Gasteiger partial charge in [0.1, 0.15) is 4.90 Å². The molecule has 0 bridgehead atoms. The lowest BCUT2D eigenvalue weighted by atomic mass is 10.2. The van der Waals surface area contributed by atoms with E-state index in [1.165, 1.54) is 12.1 Å². The second-order valence-corrected chi connectivity index (χ2v) is 5.36. The van der Waals surface area contributed by atoms with Crippen molar-refractivity contribution in [2.45, 2.75) is 17.9 Å². The lowest BCUT2D eigenvalue weighted by Crippen LogP contribution is -2.21. The predicted molar refractivity (Wildman–Crippen MR) is 66.2 cm³/mol. The van der Waals surface area contributed by atoms with Crippen LogP contribution in [0.3, 0.4) is 0 Å². The molecule has 0 aliphatic heterocycles. The van der Waals surface area contributed by atoms with Crippen molar-refractivity contribution in [2.75, 3.05) is 17.7 Å². The Kier molecular flexibility index (Phi) is 4.76. The maximum Gasteiger partial charge on any atom is 0.296 e. The van der Waals surface area contributed by atoms with E-state index in [1.807, 2.05) is 0 Å². The van der Waals surface area contributed by atoms with Gasteiger partial charge in [-0.05, 0) is 24.6 Å². The van der Waals surface area contributed by atoms with Gasteiger partial charge in [-0.1, -0.05) is 6.07 Å². The molecule has 0 spiro atoms. The monoisotopic (exact) mass is 279 g/mol. The molecule has 0 heterocycles. The fourth-order valence-corrected chi connectivity index (χ4v) is 2.13. The van der Waals surface area contributed by atoms with E-state index in [0.717, 1.165) is 0 Å². The van der Waals surface area contributed by atoms with Crippen molar-refractivity contribution >= 4 is 27.4 Å². The van der Waals surface area contributed by atoms with Crippen LogP contribution in [0.15, 0.2) is 23.1 Å². The number of aryl methyl sites for hydroxylation is 1. The van der Waals surface area contributed by atoms with Crippen LogP contribution in [0.4, 0.5) is 5.69 Å². The molecule has 0 amide bonds. The molecule has 0 saturated heterocycles. The first-order chi connectivity index (χ1) is 7.84. The molecular weight excluding hydrogens is 266 g/mol. The number of anilines is 1. The highest BCUT2D eigenvalue weighted by molar-refractivity contribution is 7.86. The minimum atomic E-state index is -4.29. The first-order valence-corrected chi connectivity index (χ1v) is 6.88. The molecule has 17 heavy (non-hydrogen) atoms. The summed E-state index contributed by atoms with van der Waals surface area (Å²) in [6.45, 7) is 1.82. The van der Waals surface area contributed by atoms with E-state index in [0.29, 0.717) is 5.56 Å². The van der Waals surface area contributed by atoms with Crippen LogP contribution in [-0.2, 0) is 10.1 Å². The van der Waals surface area contributed by atoms with Crippen LogP contribution < -0.4 is 5.32 Å². The Morgan fingerprint density at radius 1 is 1.47 bits per heavy atom. The summed E-state index contributed by atoms with van der Waals surface area (Å²) in [5, 5.41) is 12.0. The maximum atomic E-state index is 11.1. The van der Waals surface area contributed by atoms with Crippen LogP contribution in [-0.4, -0.2) is 36.6 Å². The summed E-state index contributed by atoms with van der Waals surface area (Å²) >= 11 is 5.42. The Balaban J connectivity index is 3.00. The zero-order valence-electron chi connectivity index (χ0n) is 9.22. The van der Waals surface area contributed by atoms with E-state index < -0.39 is 16.2 Å². The van der Waals surface area contributed by atoms with Gasteiger partial charge in [-0.25, -0.2) is 0 Å². The molecule has 0 radical (unpaired) electrons. The highest BCUT2D eigenvalue weighted by Gasteiger charge is 2.16. The van der Waals surface area contributed by atoms with Gasteiger partial charge in [0.2, 0.25) is 0 Å². The number of hydrogen-bond acceptors (Lipinski definition) is 4. The molecular formula is C10H14ClNO4S. The molecule has 0 aliphatic rings. The van der Waals surface area contributed by atoms with E-state index in [-0.39, 0.29) is 23.0 Å². The fourth-order valence-electron chi connectivity index (χ4n) is 1.27. The quantitative estimate of drug-likeness (QED) is 0.558. The normalized spacial score (nSPS) is 13.4. The van der Waals surface area contributed by atoms with Gasteiger partial charge >= 0.3 is 0 Å². The van der Waals surface area contributed by atoms with E-state index in [1.54, 1.807) is 13.0 Å². The molecule has 1 unspecified atom stereocenters. The third kappa shape index (κ3) is 4.16. The number of rotatable bonds is 5. The average Bonchev–Trinajstić information content (AvgIpc) is 2.25. The maximum absolute atomic E-state index is 11.1. The molecule has 1 aromatic carbocycles. The third-order valence-electron chi connectivity index (χ3n) is 2.12. The number of aliphatic hydroxyl groups is 1. The van der Waals surface area contributed by atoms with Gasteiger partial charge in [-0.3, -0.25) is 4.55 Å². The van der Waals surface area contributed by atoms with Gasteiger partial charge in [0.25, 0.3) is 10.1 Å². The lowest BCUT2D eigenvalue weighted by Gasteiger charge is -2.13. The van der Waals surface area contributed by atoms with Gasteiger partial charge in [-0.2, -0.15) is 8.42 Å². The number of nitrogens with one attached hydrogen (secondary N) is 1. The topological polar surface area (TPSA) is 86.6 Å². The highest BCUT2D eigenvalue weighted by Crippen LogP contribution is 2.22. The Morgan fingerprint density at radius 3 is 2.65 bits per heavy atom. The minimum absolute atomic E-state index is 0.0417. The first-order valence-electron chi connectivity index (χ1n) is 4.90. The molecule has 96 valence electrons. The molecule has 1 rings (SSSR count). The van der Waals surface area contributed by atoms with Crippen LogP contribution in [0.2, 0.25) is 0 Å². The summed E-state index contributed by atoms with van der Waals surface area (Å²) in [7, 11) is -4.29. The summed E-state index contributed by atoms with van der Waals surface area (Å²) in [6, 6.07) is 4.58. The van der Waals surface area contributed by atoms with Crippen molar-refractivity contribution < 1.29 is 18.1 Å². The summed E-state index contributed by atoms with van der Waals surface area (Å²) in [6.07, 6.45) is -0.785. The standard InChI is InChI=1S/C10H14ClNO4S/c1-7-2-3-9(12-6-8(13)5-11)10(4-7)17(14,15)16/h2-4,8,12-13H,5-6H2,1H3,(H,14,15,16). The molecule has 1 aromatic rings. The smallest absolute Gasteiger partial charge is 0.296 e. The first kappa shape index (κ1) is 14.2. The third-order valence-corrected chi connectivity index (χ3v) is 3.37. The molecule has 5 nitrogen and oxygen atoms in total. The van der Waals surface area contributed by atoms with Gasteiger partial charge in [0.15, 0.2) is 0 Å². The lowest BCUT2D eigenvalue weighted by molar-refractivity contribution is 0.211. The minimum Gasteiger partial charge on any atom is -0.390 e. The average molecular weight is 280 g/mol. The number of benzene rings is 1. The van der Waals surface area contributed by atoms with Crippen molar-refractivity contribution in [1.29, 1.82) is 0 Å².